The van der Waals surface area contributed by atoms with E-state index in [2.05, 4.69) is 32.6 Å². The number of imidazole rings is 2. The smallest absolute Gasteiger partial charge is 0.122 e. The third-order valence-corrected chi connectivity index (χ3v) is 4.47. The number of hydrogen-bond acceptors (Lipinski definition) is 4. The molecule has 22 heavy (non-hydrogen) atoms. The number of likely N-dealkylation sites (tertiary alicyclic amines) is 1. The standard InChI is InChI=1S/C16H25N5O/c1-2-7-20-11-6-18-16(20)12-19-8-3-14(15(22)4-9-19)21-10-5-17-13-21/h5-6,10-11,13-15,22H,2-4,7-9,12H2,1H3/t14-,15-/m0/s1. The molecule has 2 aromatic rings. The van der Waals surface area contributed by atoms with Gasteiger partial charge in [0.2, 0.25) is 0 Å². The van der Waals surface area contributed by atoms with Crippen LogP contribution in [0.2, 0.25) is 0 Å². The average molecular weight is 303 g/mol. The Kier molecular flexibility index (Phi) is 4.90. The number of nitrogens with zero attached hydrogens (tertiary/aromatic N) is 5. The molecule has 0 spiro atoms. The van der Waals surface area contributed by atoms with Gasteiger partial charge in [0.1, 0.15) is 5.82 Å². The van der Waals surface area contributed by atoms with Crippen molar-refractivity contribution in [2.45, 2.75) is 51.4 Å². The normalized spacial score (nSPS) is 23.5. The molecule has 0 bridgehead atoms. The summed E-state index contributed by atoms with van der Waals surface area (Å²) in [5.74, 6) is 1.12. The van der Waals surface area contributed by atoms with E-state index in [1.807, 2.05) is 17.0 Å². The van der Waals surface area contributed by atoms with E-state index in [9.17, 15) is 5.11 Å². The molecule has 1 aliphatic heterocycles. The third kappa shape index (κ3) is 3.39. The molecule has 3 heterocycles. The first-order valence-corrected chi connectivity index (χ1v) is 8.15. The fourth-order valence-corrected chi connectivity index (χ4v) is 3.23. The number of hydrogen-bond donors (Lipinski definition) is 1. The monoisotopic (exact) mass is 303 g/mol. The molecule has 1 N–H and O–H groups in total. The van der Waals surface area contributed by atoms with E-state index in [0.717, 1.165) is 51.3 Å². The van der Waals surface area contributed by atoms with E-state index in [1.165, 1.54) is 0 Å². The largest absolute Gasteiger partial charge is 0.391 e. The lowest BCUT2D eigenvalue weighted by molar-refractivity contribution is 0.107. The summed E-state index contributed by atoms with van der Waals surface area (Å²) in [6.45, 7) is 5.94. The SMILES string of the molecule is CCCn1ccnc1CN1CC[C@H](O)[C@@H](n2ccnc2)CC1. The molecule has 0 amide bonds. The molecule has 1 saturated heterocycles. The fourth-order valence-electron chi connectivity index (χ4n) is 3.23. The van der Waals surface area contributed by atoms with Crippen LogP contribution < -0.4 is 0 Å². The predicted octanol–water partition coefficient (Wildman–Crippen LogP) is 1.69. The van der Waals surface area contributed by atoms with Crippen LogP contribution in [0.5, 0.6) is 0 Å². The molecule has 2 atom stereocenters. The van der Waals surface area contributed by atoms with Crippen molar-refractivity contribution < 1.29 is 5.11 Å². The maximum absolute atomic E-state index is 10.4. The van der Waals surface area contributed by atoms with Gasteiger partial charge in [-0.3, -0.25) is 4.90 Å². The molecule has 0 radical (unpaired) electrons. The van der Waals surface area contributed by atoms with Crippen LogP contribution >= 0.6 is 0 Å². The Hall–Kier alpha value is -1.66. The van der Waals surface area contributed by atoms with Crippen LogP contribution in [-0.4, -0.2) is 48.3 Å². The highest BCUT2D eigenvalue weighted by Gasteiger charge is 2.26. The van der Waals surface area contributed by atoms with Gasteiger partial charge >= 0.3 is 0 Å². The van der Waals surface area contributed by atoms with E-state index in [-0.39, 0.29) is 12.1 Å². The second-order valence-corrected chi connectivity index (χ2v) is 6.03. The lowest BCUT2D eigenvalue weighted by atomic mass is 10.1. The van der Waals surface area contributed by atoms with Gasteiger partial charge in [0, 0.05) is 44.4 Å². The Bertz CT molecular complexity index is 565. The molecule has 1 aliphatic rings. The van der Waals surface area contributed by atoms with Crippen molar-refractivity contribution in [3.63, 3.8) is 0 Å². The lowest BCUT2D eigenvalue weighted by Gasteiger charge is -2.21. The zero-order valence-corrected chi connectivity index (χ0v) is 13.2. The summed E-state index contributed by atoms with van der Waals surface area (Å²) < 4.78 is 4.26. The minimum Gasteiger partial charge on any atom is -0.391 e. The van der Waals surface area contributed by atoms with E-state index in [1.54, 1.807) is 12.5 Å². The maximum Gasteiger partial charge on any atom is 0.122 e. The number of aromatic nitrogens is 4. The minimum atomic E-state index is -0.311. The Labute approximate surface area is 131 Å². The first-order chi connectivity index (χ1) is 10.8. The Balaban J connectivity index is 1.63. The number of aliphatic hydroxyl groups excluding tert-OH is 1. The van der Waals surface area contributed by atoms with Crippen LogP contribution in [0.4, 0.5) is 0 Å². The van der Waals surface area contributed by atoms with Gasteiger partial charge < -0.3 is 14.2 Å². The van der Waals surface area contributed by atoms with Crippen LogP contribution in [0, 0.1) is 0 Å². The van der Waals surface area contributed by atoms with Crippen LogP contribution in [0.15, 0.2) is 31.1 Å². The maximum atomic E-state index is 10.4. The van der Waals surface area contributed by atoms with Gasteiger partial charge in [-0.25, -0.2) is 9.97 Å². The molecule has 0 aliphatic carbocycles. The molecule has 0 unspecified atom stereocenters. The quantitative estimate of drug-likeness (QED) is 0.913. The molecule has 1 fully saturated rings. The molecular formula is C16H25N5O. The van der Waals surface area contributed by atoms with E-state index < -0.39 is 0 Å². The van der Waals surface area contributed by atoms with Crippen molar-refractivity contribution >= 4 is 0 Å². The van der Waals surface area contributed by atoms with Gasteiger partial charge in [-0.05, 0) is 19.3 Å². The molecule has 2 aromatic heterocycles. The summed E-state index contributed by atoms with van der Waals surface area (Å²) in [7, 11) is 0. The summed E-state index contributed by atoms with van der Waals surface area (Å²) in [5, 5.41) is 10.4. The minimum absolute atomic E-state index is 0.128. The third-order valence-electron chi connectivity index (χ3n) is 4.47. The zero-order valence-electron chi connectivity index (χ0n) is 13.2. The highest BCUT2D eigenvalue weighted by molar-refractivity contribution is 4.94. The first kappa shape index (κ1) is 15.2. The van der Waals surface area contributed by atoms with Gasteiger partial charge in [0.15, 0.2) is 0 Å². The highest BCUT2D eigenvalue weighted by Crippen LogP contribution is 2.23. The number of aliphatic hydroxyl groups is 1. The van der Waals surface area contributed by atoms with Gasteiger partial charge in [0.05, 0.1) is 25.0 Å². The van der Waals surface area contributed by atoms with Gasteiger partial charge in [0.25, 0.3) is 0 Å². The second-order valence-electron chi connectivity index (χ2n) is 6.03. The fraction of sp³-hybridized carbons (Fsp3) is 0.625. The lowest BCUT2D eigenvalue weighted by Crippen LogP contribution is -2.26. The summed E-state index contributed by atoms with van der Waals surface area (Å²) in [6, 6.07) is 0.128. The van der Waals surface area contributed by atoms with Crippen molar-refractivity contribution in [2.24, 2.45) is 0 Å². The summed E-state index contributed by atoms with van der Waals surface area (Å²) in [4.78, 5) is 11.0. The second kappa shape index (κ2) is 7.07. The molecule has 6 heteroatoms. The molecular weight excluding hydrogens is 278 g/mol. The van der Waals surface area contributed by atoms with E-state index in [4.69, 9.17) is 0 Å². The van der Waals surface area contributed by atoms with Crippen LogP contribution in [-0.2, 0) is 13.1 Å². The molecule has 6 nitrogen and oxygen atoms in total. The van der Waals surface area contributed by atoms with Crippen LogP contribution in [0.3, 0.4) is 0 Å². The average Bonchev–Trinajstić information content (AvgIpc) is 3.14. The van der Waals surface area contributed by atoms with E-state index >= 15 is 0 Å². The highest BCUT2D eigenvalue weighted by atomic mass is 16.3. The van der Waals surface area contributed by atoms with Crippen molar-refractivity contribution in [1.82, 2.24) is 24.0 Å². The van der Waals surface area contributed by atoms with Crippen molar-refractivity contribution in [3.05, 3.63) is 36.9 Å². The molecule has 120 valence electrons. The molecule has 0 saturated carbocycles. The molecule has 3 rings (SSSR count). The van der Waals surface area contributed by atoms with Gasteiger partial charge in [-0.1, -0.05) is 6.92 Å². The first-order valence-electron chi connectivity index (χ1n) is 8.15. The summed E-state index contributed by atoms with van der Waals surface area (Å²) in [6.07, 6.45) is 12.0. The van der Waals surface area contributed by atoms with E-state index in [0.29, 0.717) is 0 Å². The van der Waals surface area contributed by atoms with Crippen molar-refractivity contribution in [2.75, 3.05) is 13.1 Å². The Morgan fingerprint density at radius 3 is 2.86 bits per heavy atom. The summed E-state index contributed by atoms with van der Waals surface area (Å²) >= 11 is 0. The van der Waals surface area contributed by atoms with Crippen molar-refractivity contribution in [1.29, 1.82) is 0 Å². The van der Waals surface area contributed by atoms with Gasteiger partial charge in [-0.2, -0.15) is 0 Å². The number of rotatable bonds is 5. The Morgan fingerprint density at radius 2 is 2.09 bits per heavy atom. The van der Waals surface area contributed by atoms with Crippen molar-refractivity contribution in [3.8, 4) is 0 Å². The topological polar surface area (TPSA) is 59.1 Å². The van der Waals surface area contributed by atoms with Crippen LogP contribution in [0.25, 0.3) is 0 Å². The predicted molar refractivity (Wildman–Crippen MR) is 84.3 cm³/mol. The summed E-state index contributed by atoms with van der Waals surface area (Å²) in [5.41, 5.74) is 0. The molecule has 0 aromatic carbocycles. The number of aryl methyl sites for hydroxylation is 1. The Morgan fingerprint density at radius 1 is 1.23 bits per heavy atom. The zero-order chi connectivity index (χ0) is 15.4. The van der Waals surface area contributed by atoms with Crippen LogP contribution in [0.1, 0.15) is 38.1 Å². The van der Waals surface area contributed by atoms with Gasteiger partial charge in [-0.15, -0.1) is 0 Å².